The van der Waals surface area contributed by atoms with Gasteiger partial charge in [0.25, 0.3) is 0 Å². The minimum Gasteiger partial charge on any atom is -0.392 e. The van der Waals surface area contributed by atoms with Crippen LogP contribution in [-0.4, -0.2) is 35.3 Å². The molecule has 2 nitrogen and oxygen atoms in total. The van der Waals surface area contributed by atoms with E-state index in [1.54, 1.807) is 11.8 Å². The van der Waals surface area contributed by atoms with Crippen LogP contribution in [0, 0.1) is 12.3 Å². The van der Waals surface area contributed by atoms with Gasteiger partial charge in [-0.25, -0.2) is 0 Å². The van der Waals surface area contributed by atoms with Crippen molar-refractivity contribution in [1.82, 2.24) is 5.32 Å². The Morgan fingerprint density at radius 3 is 2.93 bits per heavy atom. The standard InChI is InChI=1S/C12H21NOS/c1-2-9-15-10-8-13-11-6-4-3-5-7-12(11)14/h1,11-14H,3-10H2. The Balaban J connectivity index is 2.10. The zero-order valence-corrected chi connectivity index (χ0v) is 10.1. The smallest absolute Gasteiger partial charge is 0.0693 e. The lowest BCUT2D eigenvalue weighted by molar-refractivity contribution is 0.121. The van der Waals surface area contributed by atoms with Crippen molar-refractivity contribution in [3.8, 4) is 12.3 Å². The molecule has 0 heterocycles. The number of hydrogen-bond donors (Lipinski definition) is 2. The molecule has 0 aromatic rings. The maximum absolute atomic E-state index is 9.85. The van der Waals surface area contributed by atoms with Crippen LogP contribution in [0.25, 0.3) is 0 Å². The normalized spacial score (nSPS) is 26.9. The van der Waals surface area contributed by atoms with Crippen LogP contribution in [0.3, 0.4) is 0 Å². The maximum atomic E-state index is 9.85. The van der Waals surface area contributed by atoms with Gasteiger partial charge in [0, 0.05) is 18.3 Å². The fourth-order valence-corrected chi connectivity index (χ4v) is 2.50. The molecule has 15 heavy (non-hydrogen) atoms. The lowest BCUT2D eigenvalue weighted by Gasteiger charge is -2.21. The maximum Gasteiger partial charge on any atom is 0.0693 e. The molecule has 0 saturated heterocycles. The Morgan fingerprint density at radius 1 is 1.33 bits per heavy atom. The van der Waals surface area contributed by atoms with Gasteiger partial charge in [0.05, 0.1) is 11.9 Å². The molecule has 0 aliphatic heterocycles. The van der Waals surface area contributed by atoms with Crippen molar-refractivity contribution in [2.24, 2.45) is 0 Å². The lowest BCUT2D eigenvalue weighted by atomic mass is 10.1. The third kappa shape index (κ3) is 5.46. The van der Waals surface area contributed by atoms with E-state index in [1.165, 1.54) is 19.3 Å². The molecule has 1 rings (SSSR count). The second-order valence-corrected chi connectivity index (χ2v) is 5.13. The first kappa shape index (κ1) is 12.9. The van der Waals surface area contributed by atoms with Gasteiger partial charge in [-0.05, 0) is 12.8 Å². The van der Waals surface area contributed by atoms with Crippen molar-refractivity contribution < 1.29 is 5.11 Å². The molecule has 0 aromatic heterocycles. The average molecular weight is 227 g/mol. The molecule has 2 N–H and O–H groups in total. The molecule has 3 heteroatoms. The Bertz CT molecular complexity index is 202. The highest BCUT2D eigenvalue weighted by Crippen LogP contribution is 2.17. The highest BCUT2D eigenvalue weighted by molar-refractivity contribution is 7.99. The molecule has 2 atom stereocenters. The highest BCUT2D eigenvalue weighted by atomic mass is 32.2. The fourth-order valence-electron chi connectivity index (χ4n) is 1.97. The van der Waals surface area contributed by atoms with E-state index in [2.05, 4.69) is 11.2 Å². The Kier molecular flexibility index (Phi) is 6.91. The van der Waals surface area contributed by atoms with E-state index in [-0.39, 0.29) is 6.10 Å². The fraction of sp³-hybridized carbons (Fsp3) is 0.833. The van der Waals surface area contributed by atoms with Crippen LogP contribution >= 0.6 is 11.8 Å². The average Bonchev–Trinajstić information content (AvgIpc) is 2.44. The highest BCUT2D eigenvalue weighted by Gasteiger charge is 2.20. The van der Waals surface area contributed by atoms with E-state index in [1.807, 2.05) is 0 Å². The molecule has 2 unspecified atom stereocenters. The van der Waals surface area contributed by atoms with Crippen molar-refractivity contribution in [1.29, 1.82) is 0 Å². The zero-order valence-electron chi connectivity index (χ0n) is 9.24. The SMILES string of the molecule is C#CCSCCNC1CCCCCC1O. The van der Waals surface area contributed by atoms with E-state index < -0.39 is 0 Å². The van der Waals surface area contributed by atoms with Crippen molar-refractivity contribution in [3.05, 3.63) is 0 Å². The Hall–Kier alpha value is -0.170. The third-order valence-corrected chi connectivity index (χ3v) is 3.68. The van der Waals surface area contributed by atoms with Crippen molar-refractivity contribution in [2.45, 2.75) is 44.2 Å². The van der Waals surface area contributed by atoms with Gasteiger partial charge >= 0.3 is 0 Å². The van der Waals surface area contributed by atoms with Crippen LogP contribution in [0.4, 0.5) is 0 Å². The van der Waals surface area contributed by atoms with Gasteiger partial charge in [0.2, 0.25) is 0 Å². The Morgan fingerprint density at radius 2 is 2.13 bits per heavy atom. The van der Waals surface area contributed by atoms with E-state index in [9.17, 15) is 5.11 Å². The predicted octanol–water partition coefficient (Wildman–Crippen LogP) is 1.64. The number of thioether (sulfide) groups is 1. The van der Waals surface area contributed by atoms with Gasteiger partial charge in [-0.2, -0.15) is 0 Å². The number of aliphatic hydroxyl groups is 1. The van der Waals surface area contributed by atoms with Gasteiger partial charge < -0.3 is 10.4 Å². The quantitative estimate of drug-likeness (QED) is 0.425. The lowest BCUT2D eigenvalue weighted by Crippen LogP contribution is -2.40. The second kappa shape index (κ2) is 8.04. The first-order valence-corrected chi connectivity index (χ1v) is 6.92. The van der Waals surface area contributed by atoms with Crippen LogP contribution in [0.5, 0.6) is 0 Å². The summed E-state index contributed by atoms with van der Waals surface area (Å²) in [7, 11) is 0. The minimum absolute atomic E-state index is 0.148. The predicted molar refractivity (Wildman–Crippen MR) is 67.0 cm³/mol. The molecule has 1 fully saturated rings. The van der Waals surface area contributed by atoms with Crippen molar-refractivity contribution >= 4 is 11.8 Å². The molecular weight excluding hydrogens is 206 g/mol. The molecule has 86 valence electrons. The molecule has 1 aliphatic rings. The molecule has 1 saturated carbocycles. The summed E-state index contributed by atoms with van der Waals surface area (Å²) in [5.41, 5.74) is 0. The zero-order chi connectivity index (χ0) is 10.9. The number of rotatable bonds is 5. The summed E-state index contributed by atoms with van der Waals surface area (Å²) < 4.78 is 0. The molecular formula is C12H21NOS. The van der Waals surface area contributed by atoms with Gasteiger partial charge in [0.15, 0.2) is 0 Å². The summed E-state index contributed by atoms with van der Waals surface area (Å²) >= 11 is 1.77. The van der Waals surface area contributed by atoms with Crippen LogP contribution in [-0.2, 0) is 0 Å². The summed E-state index contributed by atoms with van der Waals surface area (Å²) in [6.07, 6.45) is 10.8. The summed E-state index contributed by atoms with van der Waals surface area (Å²) in [6.45, 7) is 0.952. The summed E-state index contributed by atoms with van der Waals surface area (Å²) in [5.74, 6) is 4.43. The first-order chi connectivity index (χ1) is 7.34. The van der Waals surface area contributed by atoms with Crippen LogP contribution in [0.2, 0.25) is 0 Å². The van der Waals surface area contributed by atoms with Crippen LogP contribution < -0.4 is 5.32 Å². The van der Waals surface area contributed by atoms with Crippen molar-refractivity contribution in [3.63, 3.8) is 0 Å². The van der Waals surface area contributed by atoms with Crippen LogP contribution in [0.15, 0.2) is 0 Å². The first-order valence-electron chi connectivity index (χ1n) is 5.77. The molecule has 0 bridgehead atoms. The van der Waals surface area contributed by atoms with Gasteiger partial charge in [0.1, 0.15) is 0 Å². The minimum atomic E-state index is -0.148. The van der Waals surface area contributed by atoms with Gasteiger partial charge in [-0.15, -0.1) is 18.2 Å². The number of aliphatic hydroxyl groups excluding tert-OH is 1. The van der Waals surface area contributed by atoms with E-state index >= 15 is 0 Å². The van der Waals surface area contributed by atoms with Gasteiger partial charge in [-0.1, -0.05) is 25.2 Å². The monoisotopic (exact) mass is 227 g/mol. The number of nitrogens with one attached hydrogen (secondary N) is 1. The Labute approximate surface area is 97.2 Å². The largest absolute Gasteiger partial charge is 0.392 e. The number of terminal acetylenes is 1. The number of hydrogen-bond acceptors (Lipinski definition) is 3. The van der Waals surface area contributed by atoms with E-state index in [4.69, 9.17) is 6.42 Å². The van der Waals surface area contributed by atoms with Crippen LogP contribution in [0.1, 0.15) is 32.1 Å². The van der Waals surface area contributed by atoms with Crippen molar-refractivity contribution in [2.75, 3.05) is 18.1 Å². The molecule has 0 amide bonds. The molecule has 0 aromatic carbocycles. The van der Waals surface area contributed by atoms with Gasteiger partial charge in [-0.3, -0.25) is 0 Å². The molecule has 0 radical (unpaired) electrons. The topological polar surface area (TPSA) is 32.3 Å². The van der Waals surface area contributed by atoms with E-state index in [0.717, 1.165) is 30.9 Å². The summed E-state index contributed by atoms with van der Waals surface area (Å²) in [6, 6.07) is 0.305. The third-order valence-electron chi connectivity index (χ3n) is 2.82. The molecule has 1 aliphatic carbocycles. The summed E-state index contributed by atoms with van der Waals surface area (Å²) in [4.78, 5) is 0. The molecule has 0 spiro atoms. The second-order valence-electron chi connectivity index (χ2n) is 4.02. The summed E-state index contributed by atoms with van der Waals surface area (Å²) in [5, 5.41) is 13.3. The van der Waals surface area contributed by atoms with E-state index in [0.29, 0.717) is 6.04 Å².